The summed E-state index contributed by atoms with van der Waals surface area (Å²) < 4.78 is 4.84. The van der Waals surface area contributed by atoms with E-state index >= 15 is 0 Å². The molecule has 0 fully saturated rings. The Kier molecular flexibility index (Phi) is 6.53. The van der Waals surface area contributed by atoms with Crippen molar-refractivity contribution in [2.45, 2.75) is 0 Å². The molecule has 0 amide bonds. The van der Waals surface area contributed by atoms with Gasteiger partial charge < -0.3 is 9.13 Å². The minimum absolute atomic E-state index is 1.16. The Bertz CT molecular complexity index is 2770. The minimum Gasteiger partial charge on any atom is -0.309 e. The summed E-state index contributed by atoms with van der Waals surface area (Å²) in [7, 11) is 0. The molecule has 0 aliphatic rings. The molecule has 2 heterocycles. The van der Waals surface area contributed by atoms with Gasteiger partial charge in [0.05, 0.1) is 22.1 Å². The van der Waals surface area contributed by atoms with Gasteiger partial charge in [-0.15, -0.1) is 0 Å². The molecule has 0 radical (unpaired) electrons. The molecule has 0 aliphatic heterocycles. The van der Waals surface area contributed by atoms with Crippen LogP contribution in [0.1, 0.15) is 0 Å². The predicted molar refractivity (Wildman–Crippen MR) is 211 cm³/mol. The molecule has 10 rings (SSSR count). The molecule has 0 saturated carbocycles. The topological polar surface area (TPSA) is 9.86 Å². The summed E-state index contributed by atoms with van der Waals surface area (Å²) in [5.41, 5.74) is 14.4. The monoisotopic (exact) mass is 636 g/mol. The number of hydrogen-bond donors (Lipinski definition) is 0. The Morgan fingerprint density at radius 3 is 1.18 bits per heavy atom. The van der Waals surface area contributed by atoms with E-state index in [1.165, 1.54) is 77.0 Å². The normalized spacial score (nSPS) is 11.6. The van der Waals surface area contributed by atoms with E-state index in [4.69, 9.17) is 0 Å². The van der Waals surface area contributed by atoms with Crippen LogP contribution >= 0.6 is 0 Å². The zero-order chi connectivity index (χ0) is 33.0. The van der Waals surface area contributed by atoms with Gasteiger partial charge in [0.15, 0.2) is 0 Å². The van der Waals surface area contributed by atoms with Gasteiger partial charge in [-0.1, -0.05) is 121 Å². The Morgan fingerprint density at radius 2 is 0.640 bits per heavy atom. The zero-order valence-corrected chi connectivity index (χ0v) is 27.4. The molecule has 0 bridgehead atoms. The summed E-state index contributed by atoms with van der Waals surface area (Å²) in [5, 5.41) is 5.06. The van der Waals surface area contributed by atoms with Gasteiger partial charge in [-0.2, -0.15) is 0 Å². The van der Waals surface area contributed by atoms with Crippen LogP contribution in [0.15, 0.2) is 194 Å². The van der Waals surface area contributed by atoms with Crippen molar-refractivity contribution in [2.24, 2.45) is 0 Å². The highest BCUT2D eigenvalue weighted by Gasteiger charge is 2.21. The highest BCUT2D eigenvalue weighted by atomic mass is 15.0. The Balaban J connectivity index is 1.31. The quantitative estimate of drug-likeness (QED) is 0.178. The smallest absolute Gasteiger partial charge is 0.0548 e. The van der Waals surface area contributed by atoms with Gasteiger partial charge in [0, 0.05) is 32.9 Å². The summed E-state index contributed by atoms with van der Waals surface area (Å²) in [6, 6.07) is 70.4. The third-order valence-corrected chi connectivity index (χ3v) is 10.1. The van der Waals surface area contributed by atoms with Crippen molar-refractivity contribution in [2.75, 3.05) is 0 Å². The van der Waals surface area contributed by atoms with Crippen LogP contribution < -0.4 is 0 Å². The molecule has 50 heavy (non-hydrogen) atoms. The molecule has 0 spiro atoms. The second kappa shape index (κ2) is 11.5. The first-order valence-corrected chi connectivity index (χ1v) is 17.2. The number of nitrogens with zero attached hydrogens (tertiary/aromatic N) is 2. The molecule has 10 aromatic rings. The molecule has 234 valence electrons. The van der Waals surface area contributed by atoms with Crippen molar-refractivity contribution < 1.29 is 0 Å². The lowest BCUT2D eigenvalue weighted by Crippen LogP contribution is -1.94. The number of hydrogen-bond acceptors (Lipinski definition) is 0. The van der Waals surface area contributed by atoms with Gasteiger partial charge in [-0.3, -0.25) is 0 Å². The van der Waals surface area contributed by atoms with Crippen LogP contribution in [0.4, 0.5) is 0 Å². The van der Waals surface area contributed by atoms with Crippen LogP contribution in [0.25, 0.3) is 88.4 Å². The van der Waals surface area contributed by atoms with E-state index in [2.05, 4.69) is 203 Å². The lowest BCUT2D eigenvalue weighted by molar-refractivity contribution is 1.17. The van der Waals surface area contributed by atoms with Crippen molar-refractivity contribution in [3.8, 4) is 44.8 Å². The van der Waals surface area contributed by atoms with Crippen LogP contribution in [0.5, 0.6) is 0 Å². The maximum absolute atomic E-state index is 2.43. The molecule has 8 aromatic carbocycles. The van der Waals surface area contributed by atoms with Crippen molar-refractivity contribution in [3.05, 3.63) is 194 Å². The van der Waals surface area contributed by atoms with Gasteiger partial charge in [0.1, 0.15) is 0 Å². The SMILES string of the molecule is c1ccc(-c2cc(-c3ccccc3)cc(-c3ccc4c(c3)c3c5c6ccccc6n(-c6ccccc6)c5ccc3n4-c3ccccc3)c2)cc1. The molecular formula is C48H32N2. The van der Waals surface area contributed by atoms with Crippen molar-refractivity contribution in [1.29, 1.82) is 0 Å². The van der Waals surface area contributed by atoms with Gasteiger partial charge in [0.2, 0.25) is 0 Å². The second-order valence-electron chi connectivity index (χ2n) is 13.0. The highest BCUT2D eigenvalue weighted by Crippen LogP contribution is 2.44. The van der Waals surface area contributed by atoms with Crippen molar-refractivity contribution in [1.82, 2.24) is 9.13 Å². The first-order chi connectivity index (χ1) is 24.8. The van der Waals surface area contributed by atoms with Gasteiger partial charge >= 0.3 is 0 Å². The van der Waals surface area contributed by atoms with Crippen LogP contribution in [-0.4, -0.2) is 9.13 Å². The summed E-state index contributed by atoms with van der Waals surface area (Å²) in [4.78, 5) is 0. The van der Waals surface area contributed by atoms with E-state index in [-0.39, 0.29) is 0 Å². The molecule has 0 aliphatic carbocycles. The van der Waals surface area contributed by atoms with Gasteiger partial charge in [0.25, 0.3) is 0 Å². The van der Waals surface area contributed by atoms with E-state index in [1.807, 2.05) is 0 Å². The molecule has 0 atom stereocenters. The van der Waals surface area contributed by atoms with Crippen LogP contribution in [0, 0.1) is 0 Å². The minimum atomic E-state index is 1.16. The summed E-state index contributed by atoms with van der Waals surface area (Å²) in [6.07, 6.45) is 0. The number of benzene rings is 8. The van der Waals surface area contributed by atoms with Crippen LogP contribution in [-0.2, 0) is 0 Å². The Morgan fingerprint density at radius 1 is 0.240 bits per heavy atom. The summed E-state index contributed by atoms with van der Waals surface area (Å²) in [5.74, 6) is 0. The van der Waals surface area contributed by atoms with E-state index in [0.29, 0.717) is 0 Å². The zero-order valence-electron chi connectivity index (χ0n) is 27.4. The lowest BCUT2D eigenvalue weighted by atomic mass is 9.92. The molecule has 0 saturated heterocycles. The molecule has 0 unspecified atom stereocenters. The predicted octanol–water partition coefficient (Wildman–Crippen LogP) is 12.9. The third kappa shape index (κ3) is 4.50. The molecule has 0 N–H and O–H groups in total. The number of para-hydroxylation sites is 3. The third-order valence-electron chi connectivity index (χ3n) is 10.1. The maximum atomic E-state index is 2.43. The van der Waals surface area contributed by atoms with Crippen molar-refractivity contribution in [3.63, 3.8) is 0 Å². The largest absolute Gasteiger partial charge is 0.309 e. The number of rotatable bonds is 5. The van der Waals surface area contributed by atoms with Gasteiger partial charge in [-0.25, -0.2) is 0 Å². The van der Waals surface area contributed by atoms with Crippen LogP contribution in [0.3, 0.4) is 0 Å². The summed E-state index contributed by atoms with van der Waals surface area (Å²) in [6.45, 7) is 0. The molecule has 2 nitrogen and oxygen atoms in total. The second-order valence-corrected chi connectivity index (χ2v) is 13.0. The lowest BCUT2D eigenvalue weighted by Gasteiger charge is -2.12. The molecule has 2 heteroatoms. The van der Waals surface area contributed by atoms with E-state index < -0.39 is 0 Å². The maximum Gasteiger partial charge on any atom is 0.0548 e. The summed E-state index contributed by atoms with van der Waals surface area (Å²) >= 11 is 0. The fourth-order valence-corrected chi connectivity index (χ4v) is 7.85. The number of fused-ring (bicyclic) bond motifs is 7. The first kappa shape index (κ1) is 28.4. The van der Waals surface area contributed by atoms with Crippen LogP contribution in [0.2, 0.25) is 0 Å². The first-order valence-electron chi connectivity index (χ1n) is 17.2. The van der Waals surface area contributed by atoms with E-state index in [1.54, 1.807) is 0 Å². The highest BCUT2D eigenvalue weighted by molar-refractivity contribution is 6.29. The van der Waals surface area contributed by atoms with Gasteiger partial charge in [-0.05, 0) is 106 Å². The van der Waals surface area contributed by atoms with Crippen molar-refractivity contribution >= 4 is 43.6 Å². The average molecular weight is 637 g/mol. The Labute approximate surface area is 290 Å². The van der Waals surface area contributed by atoms with E-state index in [0.717, 1.165) is 11.4 Å². The molecule has 2 aromatic heterocycles. The standard InChI is InChI=1S/C48H32N2/c1-5-15-33(16-6-1)36-29-37(34-17-7-2-8-18-34)31-38(30-36)35-25-26-44-42(32-35)48-46(50(44)40-21-11-4-12-22-40)28-27-45-47(48)41-23-13-14-24-43(41)49(45)39-19-9-3-10-20-39/h1-32H. The fourth-order valence-electron chi connectivity index (χ4n) is 7.85. The Hall–Kier alpha value is -6.64. The average Bonchev–Trinajstić information content (AvgIpc) is 3.71. The van der Waals surface area contributed by atoms with E-state index in [9.17, 15) is 0 Å². The fraction of sp³-hybridized carbons (Fsp3) is 0. The number of aromatic nitrogens is 2. The molecular weight excluding hydrogens is 605 g/mol.